The van der Waals surface area contributed by atoms with Gasteiger partial charge in [0, 0.05) is 23.3 Å². The Balaban J connectivity index is 1.98. The molecule has 10 heteroatoms. The zero-order chi connectivity index (χ0) is 21.2. The number of hydrogen-bond acceptors (Lipinski definition) is 6. The average Bonchev–Trinajstić information content (AvgIpc) is 3.29. The van der Waals surface area contributed by atoms with Crippen LogP contribution >= 0.6 is 11.3 Å². The molecule has 0 fully saturated rings. The van der Waals surface area contributed by atoms with E-state index in [4.69, 9.17) is 4.74 Å². The smallest absolute Gasteiger partial charge is 0.416 e. The Bertz CT molecular complexity index is 1040. The normalized spacial score (nSPS) is 12.4. The predicted octanol–water partition coefficient (Wildman–Crippen LogP) is 4.68. The highest BCUT2D eigenvalue weighted by molar-refractivity contribution is 7.11. The quantitative estimate of drug-likeness (QED) is 0.441. The fourth-order valence-corrected chi connectivity index (χ4v) is 3.14. The number of benzene rings is 1. The Labute approximate surface area is 168 Å². The SMILES string of the molecule is Cc1cc(-c2ncn(/C=C(/C(=O)OC(C)C)c3nccs3)n2)cc(C(F)(F)F)c1. The summed E-state index contributed by atoms with van der Waals surface area (Å²) in [7, 11) is 0. The molecule has 2 aromatic heterocycles. The summed E-state index contributed by atoms with van der Waals surface area (Å²) >= 11 is 1.25. The molecule has 0 bridgehead atoms. The molecule has 0 aliphatic rings. The molecule has 6 nitrogen and oxygen atoms in total. The zero-order valence-electron chi connectivity index (χ0n) is 15.8. The van der Waals surface area contributed by atoms with Crippen LogP contribution in [-0.4, -0.2) is 31.8 Å². The number of aromatic nitrogens is 4. The van der Waals surface area contributed by atoms with Crippen LogP contribution in [0.5, 0.6) is 0 Å². The molecule has 0 atom stereocenters. The summed E-state index contributed by atoms with van der Waals surface area (Å²) in [6, 6.07) is 3.61. The largest absolute Gasteiger partial charge is 0.459 e. The average molecular weight is 422 g/mol. The monoisotopic (exact) mass is 422 g/mol. The second-order valence-electron chi connectivity index (χ2n) is 6.47. The topological polar surface area (TPSA) is 69.9 Å². The van der Waals surface area contributed by atoms with E-state index in [-0.39, 0.29) is 23.1 Å². The molecule has 2 heterocycles. The van der Waals surface area contributed by atoms with Gasteiger partial charge in [0.1, 0.15) is 16.9 Å². The van der Waals surface area contributed by atoms with E-state index < -0.39 is 17.7 Å². The van der Waals surface area contributed by atoms with Crippen LogP contribution in [0.3, 0.4) is 0 Å². The van der Waals surface area contributed by atoms with Gasteiger partial charge in [-0.15, -0.1) is 16.4 Å². The van der Waals surface area contributed by atoms with Gasteiger partial charge in [0.2, 0.25) is 0 Å². The van der Waals surface area contributed by atoms with E-state index in [1.54, 1.807) is 38.4 Å². The minimum atomic E-state index is -4.47. The molecule has 0 radical (unpaired) electrons. The van der Waals surface area contributed by atoms with Crippen molar-refractivity contribution in [3.05, 3.63) is 52.2 Å². The lowest BCUT2D eigenvalue weighted by Crippen LogP contribution is -2.13. The summed E-state index contributed by atoms with van der Waals surface area (Å²) in [5.41, 5.74) is 0.0597. The summed E-state index contributed by atoms with van der Waals surface area (Å²) in [5.74, 6) is -0.479. The first-order chi connectivity index (χ1) is 13.6. The van der Waals surface area contributed by atoms with Gasteiger partial charge in [-0.25, -0.2) is 19.4 Å². The second-order valence-corrected chi connectivity index (χ2v) is 7.36. The summed E-state index contributed by atoms with van der Waals surface area (Å²) in [6.45, 7) is 5.01. The third-order valence-corrected chi connectivity index (χ3v) is 4.46. The second kappa shape index (κ2) is 8.16. The third kappa shape index (κ3) is 5.08. The molecule has 152 valence electrons. The number of rotatable bonds is 5. The first kappa shape index (κ1) is 20.7. The molecule has 0 aliphatic heterocycles. The van der Waals surface area contributed by atoms with Gasteiger partial charge in [-0.2, -0.15) is 13.2 Å². The van der Waals surface area contributed by atoms with Crippen molar-refractivity contribution in [1.29, 1.82) is 0 Å². The van der Waals surface area contributed by atoms with Crippen LogP contribution in [0, 0.1) is 6.92 Å². The van der Waals surface area contributed by atoms with Crippen molar-refractivity contribution in [3.8, 4) is 11.4 Å². The van der Waals surface area contributed by atoms with Crippen molar-refractivity contribution in [2.45, 2.75) is 33.1 Å². The molecule has 0 amide bonds. The van der Waals surface area contributed by atoms with Crippen LogP contribution < -0.4 is 0 Å². The van der Waals surface area contributed by atoms with E-state index in [2.05, 4.69) is 15.1 Å². The highest BCUT2D eigenvalue weighted by atomic mass is 32.1. The van der Waals surface area contributed by atoms with Crippen LogP contribution in [0.2, 0.25) is 0 Å². The molecular weight excluding hydrogens is 405 g/mol. The maximum absolute atomic E-state index is 13.1. The van der Waals surface area contributed by atoms with E-state index in [0.717, 1.165) is 12.1 Å². The van der Waals surface area contributed by atoms with Crippen molar-refractivity contribution in [1.82, 2.24) is 19.7 Å². The third-order valence-electron chi connectivity index (χ3n) is 3.66. The fraction of sp³-hybridized carbons (Fsp3) is 0.263. The van der Waals surface area contributed by atoms with Gasteiger partial charge in [0.15, 0.2) is 5.82 Å². The van der Waals surface area contributed by atoms with Gasteiger partial charge in [-0.3, -0.25) is 0 Å². The van der Waals surface area contributed by atoms with E-state index in [9.17, 15) is 18.0 Å². The Hall–Kier alpha value is -3.01. The van der Waals surface area contributed by atoms with Crippen LogP contribution in [0.25, 0.3) is 23.2 Å². The molecule has 0 aliphatic carbocycles. The molecule has 0 unspecified atom stereocenters. The van der Waals surface area contributed by atoms with Crippen LogP contribution in [0.15, 0.2) is 36.1 Å². The molecule has 0 saturated carbocycles. The maximum atomic E-state index is 13.1. The lowest BCUT2D eigenvalue weighted by molar-refractivity contribution is -0.140. The van der Waals surface area contributed by atoms with E-state index in [1.165, 1.54) is 28.5 Å². The van der Waals surface area contributed by atoms with Crippen LogP contribution in [0.1, 0.15) is 30.0 Å². The van der Waals surface area contributed by atoms with Crippen molar-refractivity contribution in [3.63, 3.8) is 0 Å². The standard InChI is InChI=1S/C19H17F3N4O2S/c1-11(2)28-18(27)15(17-23-4-5-29-17)9-26-10-24-16(25-26)13-6-12(3)7-14(8-13)19(20,21)22/h4-11H,1-3H3/b15-9+. The van der Waals surface area contributed by atoms with Crippen molar-refractivity contribution in [2.75, 3.05) is 0 Å². The zero-order valence-corrected chi connectivity index (χ0v) is 16.6. The minimum absolute atomic E-state index is 0.103. The lowest BCUT2D eigenvalue weighted by atomic mass is 10.1. The number of halogens is 3. The van der Waals surface area contributed by atoms with Gasteiger partial charge >= 0.3 is 12.1 Å². The number of nitrogens with zero attached hydrogens (tertiary/aromatic N) is 4. The maximum Gasteiger partial charge on any atom is 0.416 e. The number of aryl methyl sites for hydroxylation is 1. The van der Waals surface area contributed by atoms with E-state index >= 15 is 0 Å². The summed E-state index contributed by atoms with van der Waals surface area (Å²) in [4.78, 5) is 20.6. The number of hydrogen-bond donors (Lipinski definition) is 0. The highest BCUT2D eigenvalue weighted by Crippen LogP contribution is 2.32. The lowest BCUT2D eigenvalue weighted by Gasteiger charge is -2.09. The number of carbonyl (C=O) groups is 1. The molecular formula is C19H17F3N4O2S. The van der Waals surface area contributed by atoms with Gasteiger partial charge < -0.3 is 4.74 Å². The predicted molar refractivity (Wildman–Crippen MR) is 103 cm³/mol. The van der Waals surface area contributed by atoms with Gasteiger partial charge in [0.05, 0.1) is 11.7 Å². The Morgan fingerprint density at radius 3 is 2.62 bits per heavy atom. The van der Waals surface area contributed by atoms with Crippen LogP contribution in [0.4, 0.5) is 13.2 Å². The summed E-state index contributed by atoms with van der Waals surface area (Å²) in [5, 5.41) is 6.33. The van der Waals surface area contributed by atoms with E-state index in [1.807, 2.05) is 0 Å². The number of carbonyl (C=O) groups excluding carboxylic acids is 1. The first-order valence-electron chi connectivity index (χ1n) is 8.56. The van der Waals surface area contributed by atoms with Crippen LogP contribution in [-0.2, 0) is 15.7 Å². The van der Waals surface area contributed by atoms with Gasteiger partial charge in [0.25, 0.3) is 0 Å². The minimum Gasteiger partial charge on any atom is -0.459 e. The van der Waals surface area contributed by atoms with Crippen molar-refractivity contribution >= 4 is 29.1 Å². The number of esters is 1. The Morgan fingerprint density at radius 1 is 1.24 bits per heavy atom. The van der Waals surface area contributed by atoms with Crippen molar-refractivity contribution < 1.29 is 22.7 Å². The molecule has 3 rings (SSSR count). The Kier molecular flexibility index (Phi) is 5.83. The van der Waals surface area contributed by atoms with Gasteiger partial charge in [-0.05, 0) is 44.5 Å². The molecule has 3 aromatic rings. The Morgan fingerprint density at radius 2 is 2.00 bits per heavy atom. The van der Waals surface area contributed by atoms with Gasteiger partial charge in [-0.1, -0.05) is 0 Å². The molecule has 1 aromatic carbocycles. The molecule has 29 heavy (non-hydrogen) atoms. The molecule has 0 spiro atoms. The number of ether oxygens (including phenoxy) is 1. The molecule has 0 N–H and O–H groups in total. The first-order valence-corrected chi connectivity index (χ1v) is 9.44. The number of alkyl halides is 3. The number of thiazole rings is 1. The fourth-order valence-electron chi connectivity index (χ4n) is 2.51. The van der Waals surface area contributed by atoms with Crippen molar-refractivity contribution in [2.24, 2.45) is 0 Å². The summed E-state index contributed by atoms with van der Waals surface area (Å²) in [6.07, 6.45) is -0.552. The van der Waals surface area contributed by atoms with E-state index in [0.29, 0.717) is 10.6 Å². The summed E-state index contributed by atoms with van der Waals surface area (Å²) < 4.78 is 45.7. The molecule has 0 saturated heterocycles. The highest BCUT2D eigenvalue weighted by Gasteiger charge is 2.31.